The van der Waals surface area contributed by atoms with Gasteiger partial charge in [-0.15, -0.1) is 0 Å². The van der Waals surface area contributed by atoms with Crippen molar-refractivity contribution in [3.8, 4) is 0 Å². The predicted molar refractivity (Wildman–Crippen MR) is 50.3 cm³/mol. The molecule has 2 nitrogen and oxygen atoms in total. The summed E-state index contributed by atoms with van der Waals surface area (Å²) in [5, 5.41) is 0. The molecule has 1 aromatic heterocycles. The van der Waals surface area contributed by atoms with Crippen LogP contribution >= 0.6 is 0 Å². The molecule has 0 N–H and O–H groups in total. The fourth-order valence-electron chi connectivity index (χ4n) is 1.28. The molecule has 0 aromatic carbocycles. The van der Waals surface area contributed by atoms with Crippen LogP contribution in [0.3, 0.4) is 0 Å². The van der Waals surface area contributed by atoms with Gasteiger partial charge in [-0.1, -0.05) is 13.8 Å². The van der Waals surface area contributed by atoms with Crippen molar-refractivity contribution in [1.82, 2.24) is 9.97 Å². The largest absolute Gasteiger partial charge is 0.451 e. The first-order chi connectivity index (χ1) is 6.79. The average Bonchev–Trinajstić information content (AvgIpc) is 1.99. The Labute approximate surface area is 86.6 Å². The van der Waals surface area contributed by atoms with Crippen LogP contribution in [0.25, 0.3) is 0 Å². The van der Waals surface area contributed by atoms with Gasteiger partial charge in [0.1, 0.15) is 0 Å². The molecule has 0 fully saturated rings. The maximum absolute atomic E-state index is 12.4. The molecule has 0 aliphatic heterocycles. The Morgan fingerprint density at radius 1 is 1.27 bits per heavy atom. The van der Waals surface area contributed by atoms with Crippen molar-refractivity contribution in [2.45, 2.75) is 33.4 Å². The summed E-state index contributed by atoms with van der Waals surface area (Å²) in [6, 6.07) is 1.59. The summed E-state index contributed by atoms with van der Waals surface area (Å²) < 4.78 is 37.1. The van der Waals surface area contributed by atoms with Crippen molar-refractivity contribution in [1.29, 1.82) is 0 Å². The minimum atomic E-state index is -4.46. The molecule has 0 atom stereocenters. The first-order valence-corrected chi connectivity index (χ1v) is 4.71. The molecule has 15 heavy (non-hydrogen) atoms. The number of aryl methyl sites for hydroxylation is 1. The van der Waals surface area contributed by atoms with Gasteiger partial charge in [0.15, 0.2) is 0 Å². The van der Waals surface area contributed by atoms with Crippen molar-refractivity contribution < 1.29 is 13.2 Å². The van der Waals surface area contributed by atoms with E-state index < -0.39 is 12.0 Å². The Morgan fingerprint density at radius 3 is 2.33 bits per heavy atom. The summed E-state index contributed by atoms with van der Waals surface area (Å²) in [7, 11) is 0. The van der Waals surface area contributed by atoms with Crippen LogP contribution in [-0.2, 0) is 12.6 Å². The summed E-state index contributed by atoms with van der Waals surface area (Å²) in [5.74, 6) is -0.765. The van der Waals surface area contributed by atoms with Gasteiger partial charge in [0.25, 0.3) is 0 Å². The summed E-state index contributed by atoms with van der Waals surface area (Å²) in [6.45, 7) is 5.41. The third-order valence-corrected chi connectivity index (χ3v) is 1.78. The molecule has 0 saturated carbocycles. The van der Waals surface area contributed by atoms with Crippen molar-refractivity contribution >= 4 is 0 Å². The first-order valence-electron chi connectivity index (χ1n) is 4.71. The third-order valence-electron chi connectivity index (χ3n) is 1.78. The molecule has 1 aromatic rings. The molecule has 1 heterocycles. The van der Waals surface area contributed by atoms with E-state index in [1.807, 2.05) is 13.8 Å². The lowest BCUT2D eigenvalue weighted by Crippen LogP contribution is -2.14. The van der Waals surface area contributed by atoms with E-state index >= 15 is 0 Å². The second-order valence-corrected chi connectivity index (χ2v) is 3.92. The fraction of sp³-hybridized carbons (Fsp3) is 0.600. The molecular formula is C10H13F3N2. The highest BCUT2D eigenvalue weighted by Gasteiger charge is 2.35. The smallest absolute Gasteiger partial charge is 0.230 e. The Balaban J connectivity index is 3.06. The third kappa shape index (κ3) is 3.49. The zero-order valence-electron chi connectivity index (χ0n) is 8.89. The normalized spacial score (nSPS) is 12.2. The summed E-state index contributed by atoms with van der Waals surface area (Å²) in [4.78, 5) is 6.89. The second-order valence-electron chi connectivity index (χ2n) is 3.92. The van der Waals surface area contributed by atoms with Gasteiger partial charge in [0.2, 0.25) is 5.82 Å². The van der Waals surface area contributed by atoms with Crippen molar-refractivity contribution in [3.63, 3.8) is 0 Å². The number of halogens is 3. The molecule has 0 unspecified atom stereocenters. The van der Waals surface area contributed by atoms with Crippen LogP contribution in [0.1, 0.15) is 31.1 Å². The Kier molecular flexibility index (Phi) is 3.31. The average molecular weight is 218 g/mol. The molecular weight excluding hydrogens is 205 g/mol. The highest BCUT2D eigenvalue weighted by atomic mass is 19.4. The van der Waals surface area contributed by atoms with Gasteiger partial charge in [-0.2, -0.15) is 13.2 Å². The van der Waals surface area contributed by atoms with Crippen molar-refractivity contribution in [2.24, 2.45) is 5.92 Å². The minimum Gasteiger partial charge on any atom is -0.230 e. The summed E-state index contributed by atoms with van der Waals surface area (Å²) >= 11 is 0. The van der Waals surface area contributed by atoms with Crippen molar-refractivity contribution in [3.05, 3.63) is 23.3 Å². The monoisotopic (exact) mass is 218 g/mol. The van der Waals surface area contributed by atoms with Crippen LogP contribution < -0.4 is 0 Å². The zero-order chi connectivity index (χ0) is 11.6. The SMILES string of the molecule is Cc1cc(CC(C)C)nc(C(F)(F)F)n1. The lowest BCUT2D eigenvalue weighted by atomic mass is 10.1. The van der Waals surface area contributed by atoms with Gasteiger partial charge < -0.3 is 0 Å². The van der Waals surface area contributed by atoms with E-state index in [-0.39, 0.29) is 5.92 Å². The zero-order valence-corrected chi connectivity index (χ0v) is 8.89. The molecule has 0 aliphatic rings. The van der Waals surface area contributed by atoms with Crippen LogP contribution in [0.5, 0.6) is 0 Å². The Hall–Kier alpha value is -1.13. The van der Waals surface area contributed by atoms with Crippen LogP contribution in [-0.4, -0.2) is 9.97 Å². The van der Waals surface area contributed by atoms with E-state index in [0.717, 1.165) is 0 Å². The fourth-order valence-corrected chi connectivity index (χ4v) is 1.28. The van der Waals surface area contributed by atoms with Crippen molar-refractivity contribution in [2.75, 3.05) is 0 Å². The van der Waals surface area contributed by atoms with Gasteiger partial charge in [-0.25, -0.2) is 9.97 Å². The summed E-state index contributed by atoms with van der Waals surface area (Å²) in [5.41, 5.74) is 0.804. The predicted octanol–water partition coefficient (Wildman–Crippen LogP) is 3.00. The van der Waals surface area contributed by atoms with Gasteiger partial charge in [0, 0.05) is 11.4 Å². The quantitative estimate of drug-likeness (QED) is 0.762. The summed E-state index contributed by atoms with van der Waals surface area (Å²) in [6.07, 6.45) is -3.93. The number of hydrogen-bond acceptors (Lipinski definition) is 2. The van der Waals surface area contributed by atoms with Gasteiger partial charge in [-0.05, 0) is 25.3 Å². The van der Waals surface area contributed by atoms with E-state index in [0.29, 0.717) is 17.8 Å². The van der Waals surface area contributed by atoms with Crippen LogP contribution in [0.4, 0.5) is 13.2 Å². The highest BCUT2D eigenvalue weighted by Crippen LogP contribution is 2.26. The van der Waals surface area contributed by atoms with E-state index in [1.54, 1.807) is 13.0 Å². The topological polar surface area (TPSA) is 25.8 Å². The van der Waals surface area contributed by atoms with Gasteiger partial charge >= 0.3 is 6.18 Å². The number of nitrogens with zero attached hydrogens (tertiary/aromatic N) is 2. The number of hydrogen-bond donors (Lipinski definition) is 0. The lowest BCUT2D eigenvalue weighted by molar-refractivity contribution is -0.145. The molecule has 0 aliphatic carbocycles. The molecule has 0 amide bonds. The molecule has 84 valence electrons. The van der Waals surface area contributed by atoms with Crippen LogP contribution in [0.2, 0.25) is 0 Å². The Morgan fingerprint density at radius 2 is 1.87 bits per heavy atom. The Bertz CT molecular complexity index is 345. The minimum absolute atomic E-state index is 0.278. The second kappa shape index (κ2) is 4.16. The van der Waals surface area contributed by atoms with Gasteiger partial charge in [-0.3, -0.25) is 0 Å². The highest BCUT2D eigenvalue weighted by molar-refractivity contribution is 5.12. The first kappa shape index (κ1) is 11.9. The lowest BCUT2D eigenvalue weighted by Gasteiger charge is -2.09. The van der Waals surface area contributed by atoms with Crippen LogP contribution in [0.15, 0.2) is 6.07 Å². The number of alkyl halides is 3. The molecule has 0 radical (unpaired) electrons. The molecule has 0 spiro atoms. The van der Waals surface area contributed by atoms with Crippen LogP contribution in [0, 0.1) is 12.8 Å². The van der Waals surface area contributed by atoms with E-state index in [1.165, 1.54) is 0 Å². The number of rotatable bonds is 2. The standard InChI is InChI=1S/C10H13F3N2/c1-6(2)4-8-5-7(3)14-9(15-8)10(11,12)13/h5-6H,4H2,1-3H3. The molecule has 0 bridgehead atoms. The maximum atomic E-state index is 12.4. The molecule has 0 saturated heterocycles. The van der Waals surface area contributed by atoms with E-state index in [4.69, 9.17) is 0 Å². The van der Waals surface area contributed by atoms with E-state index in [2.05, 4.69) is 9.97 Å². The number of aromatic nitrogens is 2. The molecule has 5 heteroatoms. The van der Waals surface area contributed by atoms with Gasteiger partial charge in [0.05, 0.1) is 0 Å². The van der Waals surface area contributed by atoms with E-state index in [9.17, 15) is 13.2 Å². The molecule has 1 rings (SSSR count). The maximum Gasteiger partial charge on any atom is 0.451 e.